The summed E-state index contributed by atoms with van der Waals surface area (Å²) in [6, 6.07) is 0. The zero-order valence-electron chi connectivity index (χ0n) is 7.84. The molecule has 0 radical (unpaired) electrons. The van der Waals surface area contributed by atoms with E-state index in [0.717, 1.165) is 5.56 Å². The van der Waals surface area contributed by atoms with Crippen LogP contribution in [0.3, 0.4) is 0 Å². The van der Waals surface area contributed by atoms with Crippen molar-refractivity contribution >= 4 is 10.0 Å². The van der Waals surface area contributed by atoms with Crippen molar-refractivity contribution in [1.82, 2.24) is 14.5 Å². The second kappa shape index (κ2) is 4.54. The first-order chi connectivity index (χ1) is 6.56. The van der Waals surface area contributed by atoms with E-state index in [2.05, 4.69) is 10.2 Å². The van der Waals surface area contributed by atoms with Crippen LogP contribution in [-0.4, -0.2) is 47.4 Å². The third-order valence-corrected chi connectivity index (χ3v) is 3.56. The van der Waals surface area contributed by atoms with E-state index >= 15 is 0 Å². The molecule has 1 aromatic heterocycles. The maximum absolute atomic E-state index is 11.4. The van der Waals surface area contributed by atoms with Gasteiger partial charge in [0, 0.05) is 25.4 Å². The van der Waals surface area contributed by atoms with Gasteiger partial charge in [0.05, 0.1) is 18.6 Å². The SMILES string of the molecule is CN(Cc1cn[nH]c1)S(=O)(=O)CCO. The van der Waals surface area contributed by atoms with Gasteiger partial charge in [0.25, 0.3) is 0 Å². The van der Waals surface area contributed by atoms with Crippen LogP contribution < -0.4 is 0 Å². The summed E-state index contributed by atoms with van der Waals surface area (Å²) in [7, 11) is -1.87. The molecule has 0 fully saturated rings. The highest BCUT2D eigenvalue weighted by molar-refractivity contribution is 7.89. The Kier molecular flexibility index (Phi) is 3.62. The number of rotatable bonds is 5. The molecule has 0 aliphatic carbocycles. The summed E-state index contributed by atoms with van der Waals surface area (Å²) < 4.78 is 24.0. The second-order valence-corrected chi connectivity index (χ2v) is 5.10. The summed E-state index contributed by atoms with van der Waals surface area (Å²) in [6.45, 7) is -0.100. The normalized spacial score (nSPS) is 12.2. The predicted molar refractivity (Wildman–Crippen MR) is 50.9 cm³/mol. The van der Waals surface area contributed by atoms with Gasteiger partial charge in [-0.05, 0) is 0 Å². The lowest BCUT2D eigenvalue weighted by molar-refractivity contribution is 0.316. The number of aromatic nitrogens is 2. The quantitative estimate of drug-likeness (QED) is 0.676. The van der Waals surface area contributed by atoms with Crippen molar-refractivity contribution in [3.63, 3.8) is 0 Å². The molecule has 1 aromatic rings. The molecule has 0 saturated carbocycles. The van der Waals surface area contributed by atoms with Crippen LogP contribution in [0.5, 0.6) is 0 Å². The Balaban J connectivity index is 2.62. The van der Waals surface area contributed by atoms with E-state index < -0.39 is 10.0 Å². The molecule has 0 aromatic carbocycles. The van der Waals surface area contributed by atoms with Crippen molar-refractivity contribution in [2.75, 3.05) is 19.4 Å². The molecule has 0 amide bonds. The minimum atomic E-state index is -3.34. The Hall–Kier alpha value is -0.920. The monoisotopic (exact) mass is 219 g/mol. The van der Waals surface area contributed by atoms with Crippen molar-refractivity contribution in [1.29, 1.82) is 0 Å². The van der Waals surface area contributed by atoms with E-state index in [1.165, 1.54) is 11.4 Å². The number of aliphatic hydroxyl groups excluding tert-OH is 1. The third-order valence-electron chi connectivity index (χ3n) is 1.78. The maximum Gasteiger partial charge on any atom is 0.216 e. The predicted octanol–water partition coefficient (Wildman–Crippen LogP) is -0.836. The summed E-state index contributed by atoms with van der Waals surface area (Å²) in [5.41, 5.74) is 0.786. The molecule has 14 heavy (non-hydrogen) atoms. The molecule has 1 heterocycles. The fourth-order valence-electron chi connectivity index (χ4n) is 0.991. The molecule has 0 atom stereocenters. The molecule has 7 heteroatoms. The minimum absolute atomic E-state index is 0.249. The Bertz CT molecular complexity index is 360. The van der Waals surface area contributed by atoms with Crippen LogP contribution in [-0.2, 0) is 16.6 Å². The Labute approximate surface area is 82.6 Å². The second-order valence-electron chi connectivity index (χ2n) is 2.90. The van der Waals surface area contributed by atoms with Crippen LogP contribution in [0.4, 0.5) is 0 Å². The Morgan fingerprint density at radius 2 is 2.36 bits per heavy atom. The van der Waals surface area contributed by atoms with Gasteiger partial charge in [-0.3, -0.25) is 5.10 Å². The summed E-state index contributed by atoms with van der Waals surface area (Å²) >= 11 is 0. The van der Waals surface area contributed by atoms with Gasteiger partial charge in [0.1, 0.15) is 0 Å². The number of aliphatic hydroxyl groups is 1. The van der Waals surface area contributed by atoms with Crippen LogP contribution in [0.1, 0.15) is 5.56 Å². The third kappa shape index (κ3) is 2.79. The van der Waals surface area contributed by atoms with Gasteiger partial charge in [0.15, 0.2) is 0 Å². The van der Waals surface area contributed by atoms with Crippen LogP contribution in [0, 0.1) is 0 Å². The van der Waals surface area contributed by atoms with E-state index in [0.29, 0.717) is 0 Å². The lowest BCUT2D eigenvalue weighted by atomic mass is 10.4. The number of sulfonamides is 1. The number of nitrogens with zero attached hydrogens (tertiary/aromatic N) is 2. The topological polar surface area (TPSA) is 86.3 Å². The van der Waals surface area contributed by atoms with Crippen LogP contribution in [0.15, 0.2) is 12.4 Å². The highest BCUT2D eigenvalue weighted by Gasteiger charge is 2.17. The van der Waals surface area contributed by atoms with Gasteiger partial charge < -0.3 is 5.11 Å². The summed E-state index contributed by atoms with van der Waals surface area (Å²) in [5, 5.41) is 14.9. The van der Waals surface area contributed by atoms with Crippen molar-refractivity contribution < 1.29 is 13.5 Å². The summed E-state index contributed by atoms with van der Waals surface area (Å²) in [4.78, 5) is 0. The fourth-order valence-corrected chi connectivity index (χ4v) is 1.88. The van der Waals surface area contributed by atoms with Gasteiger partial charge in [-0.2, -0.15) is 5.10 Å². The number of H-pyrrole nitrogens is 1. The van der Waals surface area contributed by atoms with Crippen LogP contribution >= 0.6 is 0 Å². The van der Waals surface area contributed by atoms with Gasteiger partial charge in [0.2, 0.25) is 10.0 Å². The largest absolute Gasteiger partial charge is 0.395 e. The molecular formula is C7H13N3O3S. The van der Waals surface area contributed by atoms with Gasteiger partial charge >= 0.3 is 0 Å². The van der Waals surface area contributed by atoms with Crippen LogP contribution in [0.2, 0.25) is 0 Å². The Morgan fingerprint density at radius 1 is 1.64 bits per heavy atom. The standard InChI is InChI=1S/C7H13N3O3S/c1-10(14(12,13)3-2-11)6-7-4-8-9-5-7/h4-5,11H,2-3,6H2,1H3,(H,8,9). The molecule has 0 unspecified atom stereocenters. The average Bonchev–Trinajstić information content (AvgIpc) is 2.56. The molecule has 0 bridgehead atoms. The highest BCUT2D eigenvalue weighted by Crippen LogP contribution is 2.05. The molecule has 1 rings (SSSR count). The molecule has 0 spiro atoms. The van der Waals surface area contributed by atoms with E-state index in [9.17, 15) is 8.42 Å². The van der Waals surface area contributed by atoms with Crippen molar-refractivity contribution in [3.05, 3.63) is 18.0 Å². The van der Waals surface area contributed by atoms with E-state index in [4.69, 9.17) is 5.11 Å². The Morgan fingerprint density at radius 3 is 2.86 bits per heavy atom. The zero-order valence-corrected chi connectivity index (χ0v) is 8.66. The molecule has 0 saturated heterocycles. The van der Waals surface area contributed by atoms with E-state index in [1.807, 2.05) is 0 Å². The minimum Gasteiger partial charge on any atom is -0.395 e. The lowest BCUT2D eigenvalue weighted by Gasteiger charge is -2.14. The molecule has 0 aliphatic rings. The van der Waals surface area contributed by atoms with Crippen molar-refractivity contribution in [2.24, 2.45) is 0 Å². The highest BCUT2D eigenvalue weighted by atomic mass is 32.2. The van der Waals surface area contributed by atoms with Gasteiger partial charge in [-0.25, -0.2) is 12.7 Å². The van der Waals surface area contributed by atoms with Crippen LogP contribution in [0.25, 0.3) is 0 Å². The molecule has 2 N–H and O–H groups in total. The first kappa shape index (κ1) is 11.2. The molecule has 80 valence electrons. The molecule has 0 aliphatic heterocycles. The lowest BCUT2D eigenvalue weighted by Crippen LogP contribution is -2.29. The van der Waals surface area contributed by atoms with E-state index in [1.54, 1.807) is 12.4 Å². The first-order valence-electron chi connectivity index (χ1n) is 4.09. The van der Waals surface area contributed by atoms with Gasteiger partial charge in [-0.1, -0.05) is 0 Å². The van der Waals surface area contributed by atoms with Crippen molar-refractivity contribution in [3.8, 4) is 0 Å². The molecule has 6 nitrogen and oxygen atoms in total. The number of hydrogen-bond acceptors (Lipinski definition) is 4. The fraction of sp³-hybridized carbons (Fsp3) is 0.571. The first-order valence-corrected chi connectivity index (χ1v) is 5.69. The van der Waals surface area contributed by atoms with Crippen molar-refractivity contribution in [2.45, 2.75) is 6.54 Å². The number of aromatic amines is 1. The molecular weight excluding hydrogens is 206 g/mol. The summed E-state index contributed by atoms with van der Waals surface area (Å²) in [6.07, 6.45) is 3.19. The average molecular weight is 219 g/mol. The summed E-state index contributed by atoms with van der Waals surface area (Å²) in [5.74, 6) is -0.249. The zero-order chi connectivity index (χ0) is 10.6. The maximum atomic E-state index is 11.4. The smallest absolute Gasteiger partial charge is 0.216 e. The van der Waals surface area contributed by atoms with Gasteiger partial charge in [-0.15, -0.1) is 0 Å². The number of hydrogen-bond donors (Lipinski definition) is 2. The van der Waals surface area contributed by atoms with E-state index in [-0.39, 0.29) is 18.9 Å². The number of nitrogens with one attached hydrogen (secondary N) is 1.